The van der Waals surface area contributed by atoms with Crippen molar-refractivity contribution in [1.29, 1.82) is 0 Å². The number of hydrogen-bond acceptors (Lipinski definition) is 7. The van der Waals surface area contributed by atoms with Gasteiger partial charge in [0.05, 0.1) is 5.69 Å². The molecular weight excluding hydrogens is 390 g/mol. The van der Waals surface area contributed by atoms with E-state index in [-0.39, 0.29) is 12.1 Å². The number of benzene rings is 2. The van der Waals surface area contributed by atoms with E-state index in [1.54, 1.807) is 13.2 Å². The fraction of sp³-hybridized carbons (Fsp3) is 0.150. The number of ether oxygens (including phenoxy) is 1. The molecular formula is C20H17N5O3S. The number of nitrogens with zero attached hydrogens (tertiary/aromatic N) is 4. The van der Waals surface area contributed by atoms with Gasteiger partial charge in [-0.2, -0.15) is 5.10 Å². The average Bonchev–Trinajstić information content (AvgIpc) is 3.16. The highest BCUT2D eigenvalue weighted by Gasteiger charge is 2.12. The lowest BCUT2D eigenvalue weighted by Gasteiger charge is -2.09. The van der Waals surface area contributed by atoms with Crippen LogP contribution in [0.3, 0.4) is 0 Å². The van der Waals surface area contributed by atoms with Gasteiger partial charge in [-0.15, -0.1) is 10.2 Å². The van der Waals surface area contributed by atoms with Crippen LogP contribution >= 0.6 is 11.3 Å². The van der Waals surface area contributed by atoms with Gasteiger partial charge in [-0.3, -0.25) is 14.9 Å². The van der Waals surface area contributed by atoms with Gasteiger partial charge >= 0.3 is 0 Å². The van der Waals surface area contributed by atoms with Crippen LogP contribution in [0, 0.1) is 0 Å². The number of anilines is 1. The molecule has 146 valence electrons. The maximum absolute atomic E-state index is 12.4. The lowest BCUT2D eigenvalue weighted by Crippen LogP contribution is -2.29. The zero-order valence-corrected chi connectivity index (χ0v) is 16.3. The highest BCUT2D eigenvalue weighted by atomic mass is 32.1. The van der Waals surface area contributed by atoms with Crippen LogP contribution in [0.25, 0.3) is 22.0 Å². The minimum atomic E-state index is -0.408. The maximum Gasteiger partial charge on any atom is 0.267 e. The molecule has 0 atom stereocenters. The first-order chi connectivity index (χ1) is 14.1. The number of carbonyl (C=O) groups excluding carboxylic acids is 1. The van der Waals surface area contributed by atoms with Gasteiger partial charge in [0.2, 0.25) is 11.0 Å². The molecule has 0 unspecified atom stereocenters. The Morgan fingerprint density at radius 1 is 1.10 bits per heavy atom. The Balaban J connectivity index is 1.58. The quantitative estimate of drug-likeness (QED) is 0.528. The third kappa shape index (κ3) is 4.20. The van der Waals surface area contributed by atoms with Crippen molar-refractivity contribution >= 4 is 33.1 Å². The Bertz CT molecular complexity index is 1230. The molecule has 2 aromatic carbocycles. The van der Waals surface area contributed by atoms with Crippen molar-refractivity contribution in [2.45, 2.75) is 13.2 Å². The molecule has 0 aliphatic rings. The van der Waals surface area contributed by atoms with E-state index in [1.807, 2.05) is 42.5 Å². The van der Waals surface area contributed by atoms with Gasteiger partial charge in [-0.25, -0.2) is 4.68 Å². The zero-order chi connectivity index (χ0) is 20.2. The molecule has 2 heterocycles. The molecule has 0 aliphatic carbocycles. The van der Waals surface area contributed by atoms with E-state index >= 15 is 0 Å². The summed E-state index contributed by atoms with van der Waals surface area (Å²) in [5.41, 5.74) is 1.15. The lowest BCUT2D eigenvalue weighted by atomic mass is 10.0. The van der Waals surface area contributed by atoms with Gasteiger partial charge in [-0.05, 0) is 16.8 Å². The summed E-state index contributed by atoms with van der Waals surface area (Å²) in [6, 6.07) is 16.9. The Morgan fingerprint density at radius 2 is 1.93 bits per heavy atom. The largest absolute Gasteiger partial charge is 0.377 e. The molecule has 1 N–H and O–H groups in total. The minimum absolute atomic E-state index is 0.226. The molecule has 0 saturated carbocycles. The SMILES string of the molecule is COCc1nnc(NC(=O)Cn2nc(-c3cccc4ccccc34)ccc2=O)s1. The summed E-state index contributed by atoms with van der Waals surface area (Å²) >= 11 is 1.22. The van der Waals surface area contributed by atoms with Crippen LogP contribution in [0.2, 0.25) is 0 Å². The van der Waals surface area contributed by atoms with Crippen LogP contribution in [0.5, 0.6) is 0 Å². The van der Waals surface area contributed by atoms with Gasteiger partial charge in [0.25, 0.3) is 5.56 Å². The number of methoxy groups -OCH3 is 1. The van der Waals surface area contributed by atoms with Crippen molar-refractivity contribution in [3.8, 4) is 11.3 Å². The predicted molar refractivity (Wildman–Crippen MR) is 111 cm³/mol. The van der Waals surface area contributed by atoms with Crippen LogP contribution in [0.1, 0.15) is 5.01 Å². The molecule has 9 heteroatoms. The number of hydrogen-bond donors (Lipinski definition) is 1. The first-order valence-electron chi connectivity index (χ1n) is 8.81. The van der Waals surface area contributed by atoms with Crippen molar-refractivity contribution in [1.82, 2.24) is 20.0 Å². The molecule has 8 nitrogen and oxygen atoms in total. The number of carbonyl (C=O) groups is 1. The Labute approximate surface area is 169 Å². The van der Waals surface area contributed by atoms with E-state index in [1.165, 1.54) is 17.4 Å². The highest BCUT2D eigenvalue weighted by Crippen LogP contribution is 2.26. The fourth-order valence-corrected chi connectivity index (χ4v) is 3.66. The molecule has 0 spiro atoms. The maximum atomic E-state index is 12.4. The second kappa shape index (κ2) is 8.29. The topological polar surface area (TPSA) is 99.0 Å². The molecule has 4 aromatic rings. The van der Waals surface area contributed by atoms with Crippen molar-refractivity contribution in [3.05, 3.63) is 70.0 Å². The third-order valence-corrected chi connectivity index (χ3v) is 5.02. The van der Waals surface area contributed by atoms with Crippen LogP contribution < -0.4 is 10.9 Å². The van der Waals surface area contributed by atoms with Crippen LogP contribution in [0.15, 0.2) is 59.4 Å². The summed E-state index contributed by atoms with van der Waals surface area (Å²) in [5, 5.41) is 17.9. The van der Waals surface area contributed by atoms with E-state index in [4.69, 9.17) is 4.74 Å². The molecule has 4 rings (SSSR count). The number of rotatable bonds is 6. The normalized spacial score (nSPS) is 10.9. The highest BCUT2D eigenvalue weighted by molar-refractivity contribution is 7.15. The summed E-state index contributed by atoms with van der Waals surface area (Å²) in [7, 11) is 1.56. The van der Waals surface area contributed by atoms with Crippen LogP contribution in [0.4, 0.5) is 5.13 Å². The summed E-state index contributed by atoms with van der Waals surface area (Å²) in [6.45, 7) is 0.0955. The van der Waals surface area contributed by atoms with Gasteiger partial charge in [-0.1, -0.05) is 53.8 Å². The molecule has 0 aliphatic heterocycles. The molecule has 2 aromatic heterocycles. The lowest BCUT2D eigenvalue weighted by molar-refractivity contribution is -0.117. The van der Waals surface area contributed by atoms with Crippen molar-refractivity contribution in [2.24, 2.45) is 0 Å². The Hall–Kier alpha value is -3.43. The molecule has 0 radical (unpaired) electrons. The van der Waals surface area contributed by atoms with Gasteiger partial charge in [0.1, 0.15) is 18.2 Å². The first-order valence-corrected chi connectivity index (χ1v) is 9.63. The van der Waals surface area contributed by atoms with E-state index in [0.29, 0.717) is 22.4 Å². The monoisotopic (exact) mass is 407 g/mol. The summed E-state index contributed by atoms with van der Waals surface area (Å²) in [5.74, 6) is -0.408. The molecule has 1 amide bonds. The number of amides is 1. The molecule has 0 saturated heterocycles. The first kappa shape index (κ1) is 18.9. The van der Waals surface area contributed by atoms with Crippen LogP contribution in [-0.4, -0.2) is 33.0 Å². The van der Waals surface area contributed by atoms with Crippen LogP contribution in [-0.2, 0) is 22.7 Å². The van der Waals surface area contributed by atoms with E-state index < -0.39 is 5.91 Å². The van der Waals surface area contributed by atoms with Gasteiger partial charge in [0.15, 0.2) is 0 Å². The van der Waals surface area contributed by atoms with E-state index in [0.717, 1.165) is 21.0 Å². The second-order valence-electron chi connectivity index (χ2n) is 6.22. The molecule has 29 heavy (non-hydrogen) atoms. The Kier molecular flexibility index (Phi) is 5.41. The van der Waals surface area contributed by atoms with Crippen molar-refractivity contribution < 1.29 is 9.53 Å². The minimum Gasteiger partial charge on any atom is -0.377 e. The van der Waals surface area contributed by atoms with Crippen molar-refractivity contribution in [3.63, 3.8) is 0 Å². The summed E-state index contributed by atoms with van der Waals surface area (Å²) in [6.07, 6.45) is 0. The van der Waals surface area contributed by atoms with Gasteiger partial charge < -0.3 is 4.74 Å². The van der Waals surface area contributed by atoms with Gasteiger partial charge in [0, 0.05) is 18.7 Å². The average molecular weight is 407 g/mol. The smallest absolute Gasteiger partial charge is 0.267 e. The summed E-state index contributed by atoms with van der Waals surface area (Å²) < 4.78 is 6.13. The van der Waals surface area contributed by atoms with E-state index in [2.05, 4.69) is 20.6 Å². The standard InChI is InChI=1S/C20H17N5O3S/c1-28-12-18-22-23-20(29-18)21-17(26)11-25-19(27)10-9-16(24-25)15-8-4-6-13-5-2-3-7-14(13)15/h2-10H,11-12H2,1H3,(H,21,23,26). The number of aromatic nitrogens is 4. The summed E-state index contributed by atoms with van der Waals surface area (Å²) in [4.78, 5) is 24.6. The zero-order valence-electron chi connectivity index (χ0n) is 15.5. The van der Waals surface area contributed by atoms with E-state index in [9.17, 15) is 9.59 Å². The predicted octanol–water partition coefficient (Wildman–Crippen LogP) is 2.70. The number of nitrogens with one attached hydrogen (secondary N) is 1. The second-order valence-corrected chi connectivity index (χ2v) is 7.29. The Morgan fingerprint density at radius 3 is 2.79 bits per heavy atom. The fourth-order valence-electron chi connectivity index (χ4n) is 2.94. The number of fused-ring (bicyclic) bond motifs is 1. The third-order valence-electron chi connectivity index (χ3n) is 4.21. The molecule has 0 bridgehead atoms. The van der Waals surface area contributed by atoms with Crippen molar-refractivity contribution in [2.75, 3.05) is 12.4 Å². The molecule has 0 fully saturated rings.